The Morgan fingerprint density at radius 3 is 2.91 bits per heavy atom. The summed E-state index contributed by atoms with van der Waals surface area (Å²) in [5.74, 6) is 0. The van der Waals surface area contributed by atoms with Gasteiger partial charge in [0.1, 0.15) is 0 Å². The highest BCUT2D eigenvalue weighted by Gasteiger charge is 2.15. The molecule has 0 bridgehead atoms. The van der Waals surface area contributed by atoms with Crippen molar-refractivity contribution in [1.82, 2.24) is 5.32 Å². The molecule has 0 fully saturated rings. The predicted molar refractivity (Wildman–Crippen MR) is 92.9 cm³/mol. The Kier molecular flexibility index (Phi) is 4.78. The zero-order valence-corrected chi connectivity index (χ0v) is 13.8. The van der Waals surface area contributed by atoms with Crippen molar-refractivity contribution in [1.29, 1.82) is 0 Å². The van der Waals surface area contributed by atoms with E-state index in [9.17, 15) is 4.79 Å². The first-order valence-corrected chi connectivity index (χ1v) is 8.80. The van der Waals surface area contributed by atoms with Gasteiger partial charge in [-0.05, 0) is 67.2 Å². The number of para-hydroxylation sites is 1. The first-order chi connectivity index (χ1) is 10.7. The van der Waals surface area contributed by atoms with Crippen molar-refractivity contribution in [3.63, 3.8) is 0 Å². The van der Waals surface area contributed by atoms with Crippen molar-refractivity contribution in [3.05, 3.63) is 51.2 Å². The molecule has 22 heavy (non-hydrogen) atoms. The molecule has 2 aromatic rings. The molecule has 0 radical (unpaired) electrons. The second kappa shape index (κ2) is 6.97. The van der Waals surface area contributed by atoms with Gasteiger partial charge in [-0.1, -0.05) is 18.2 Å². The maximum atomic E-state index is 12.0. The lowest BCUT2D eigenvalue weighted by Crippen LogP contribution is -2.30. The average molecular weight is 314 g/mol. The van der Waals surface area contributed by atoms with Gasteiger partial charge in [-0.2, -0.15) is 0 Å². The number of benzene rings is 1. The van der Waals surface area contributed by atoms with Crippen molar-refractivity contribution < 1.29 is 4.79 Å². The molecule has 1 heterocycles. The second-order valence-electron chi connectivity index (χ2n) is 5.82. The highest BCUT2D eigenvalue weighted by Crippen LogP contribution is 2.30. The van der Waals surface area contributed by atoms with Gasteiger partial charge in [0.25, 0.3) is 0 Å². The number of fused-ring (bicyclic) bond motifs is 1. The van der Waals surface area contributed by atoms with Crippen LogP contribution in [0.2, 0.25) is 0 Å². The molecule has 116 valence electrons. The molecule has 1 aliphatic carbocycles. The van der Waals surface area contributed by atoms with Crippen LogP contribution in [0.15, 0.2) is 29.6 Å². The van der Waals surface area contributed by atoms with E-state index >= 15 is 0 Å². The largest absolute Gasteiger partial charge is 0.338 e. The van der Waals surface area contributed by atoms with Crippen molar-refractivity contribution in [3.8, 4) is 0 Å². The second-order valence-corrected chi connectivity index (χ2v) is 6.78. The number of amides is 2. The minimum atomic E-state index is -0.126. The minimum absolute atomic E-state index is 0.126. The topological polar surface area (TPSA) is 41.1 Å². The summed E-state index contributed by atoms with van der Waals surface area (Å²) in [6.45, 7) is 2.67. The maximum Gasteiger partial charge on any atom is 0.319 e. The smallest absolute Gasteiger partial charge is 0.319 e. The zero-order chi connectivity index (χ0) is 15.4. The standard InChI is InChI=1S/C18H22N2OS/c1-13-6-2-4-8-16(13)20-18(21)19-11-10-14-12-22-17-9-5-3-7-15(14)17/h2,4,6,8,12H,3,5,7,9-11H2,1H3,(H2,19,20,21). The van der Waals surface area contributed by atoms with Crippen LogP contribution in [0.4, 0.5) is 10.5 Å². The van der Waals surface area contributed by atoms with E-state index in [2.05, 4.69) is 16.0 Å². The summed E-state index contributed by atoms with van der Waals surface area (Å²) < 4.78 is 0. The number of hydrogen-bond acceptors (Lipinski definition) is 2. The summed E-state index contributed by atoms with van der Waals surface area (Å²) in [6.07, 6.45) is 6.00. The number of carbonyl (C=O) groups is 1. The van der Waals surface area contributed by atoms with Gasteiger partial charge in [-0.25, -0.2) is 4.79 Å². The summed E-state index contributed by atoms with van der Waals surface area (Å²) in [6, 6.07) is 7.69. The normalized spacial score (nSPS) is 13.5. The third kappa shape index (κ3) is 3.50. The summed E-state index contributed by atoms with van der Waals surface area (Å²) in [5.41, 5.74) is 4.92. The number of thiophene rings is 1. The minimum Gasteiger partial charge on any atom is -0.338 e. The number of aryl methyl sites for hydroxylation is 2. The average Bonchev–Trinajstić information content (AvgIpc) is 2.93. The van der Waals surface area contributed by atoms with E-state index in [1.807, 2.05) is 42.5 Å². The van der Waals surface area contributed by atoms with Crippen LogP contribution in [0.3, 0.4) is 0 Å². The molecular weight excluding hydrogens is 292 g/mol. The SMILES string of the molecule is Cc1ccccc1NC(=O)NCCc1csc2c1CCCC2. The first-order valence-electron chi connectivity index (χ1n) is 7.92. The summed E-state index contributed by atoms with van der Waals surface area (Å²) >= 11 is 1.89. The first kappa shape index (κ1) is 15.1. The Balaban J connectivity index is 1.50. The number of carbonyl (C=O) groups excluding carboxylic acids is 1. The van der Waals surface area contributed by atoms with E-state index in [-0.39, 0.29) is 6.03 Å². The van der Waals surface area contributed by atoms with E-state index in [0.717, 1.165) is 17.7 Å². The van der Waals surface area contributed by atoms with E-state index < -0.39 is 0 Å². The van der Waals surface area contributed by atoms with Crippen LogP contribution in [0.1, 0.15) is 34.4 Å². The van der Waals surface area contributed by atoms with Gasteiger partial charge >= 0.3 is 6.03 Å². The molecule has 0 spiro atoms. The lowest BCUT2D eigenvalue weighted by atomic mass is 9.95. The quantitative estimate of drug-likeness (QED) is 0.868. The van der Waals surface area contributed by atoms with Gasteiger partial charge in [0.15, 0.2) is 0 Å². The third-order valence-electron chi connectivity index (χ3n) is 4.22. The van der Waals surface area contributed by atoms with Crippen molar-refractivity contribution in [2.75, 3.05) is 11.9 Å². The summed E-state index contributed by atoms with van der Waals surface area (Å²) in [5, 5.41) is 8.14. The fourth-order valence-corrected chi connectivity index (χ4v) is 4.14. The van der Waals surface area contributed by atoms with Gasteiger partial charge in [0.2, 0.25) is 0 Å². The molecule has 1 aromatic carbocycles. The van der Waals surface area contributed by atoms with Gasteiger partial charge in [0.05, 0.1) is 0 Å². The lowest BCUT2D eigenvalue weighted by molar-refractivity contribution is 0.252. The Labute approximate surface area is 135 Å². The molecule has 3 rings (SSSR count). The van der Waals surface area contributed by atoms with Gasteiger partial charge < -0.3 is 10.6 Å². The highest BCUT2D eigenvalue weighted by molar-refractivity contribution is 7.10. The molecule has 0 saturated carbocycles. The third-order valence-corrected chi connectivity index (χ3v) is 5.36. The molecule has 0 unspecified atom stereocenters. The number of rotatable bonds is 4. The molecule has 3 nitrogen and oxygen atoms in total. The van der Waals surface area contributed by atoms with Crippen molar-refractivity contribution in [2.24, 2.45) is 0 Å². The number of urea groups is 1. The number of hydrogen-bond donors (Lipinski definition) is 2. The zero-order valence-electron chi connectivity index (χ0n) is 12.9. The van der Waals surface area contributed by atoms with Gasteiger partial charge in [0, 0.05) is 17.1 Å². The summed E-state index contributed by atoms with van der Waals surface area (Å²) in [7, 11) is 0. The van der Waals surface area contributed by atoms with E-state index in [0.29, 0.717) is 6.54 Å². The molecule has 2 amide bonds. The Morgan fingerprint density at radius 1 is 1.23 bits per heavy atom. The molecule has 1 aliphatic rings. The van der Waals surface area contributed by atoms with Crippen LogP contribution >= 0.6 is 11.3 Å². The van der Waals surface area contributed by atoms with Gasteiger partial charge in [-0.3, -0.25) is 0 Å². The van der Waals surface area contributed by atoms with E-state index in [4.69, 9.17) is 0 Å². The van der Waals surface area contributed by atoms with Crippen molar-refractivity contribution >= 4 is 23.1 Å². The van der Waals surface area contributed by atoms with Crippen LogP contribution in [-0.4, -0.2) is 12.6 Å². The number of nitrogens with one attached hydrogen (secondary N) is 2. The Morgan fingerprint density at radius 2 is 2.05 bits per heavy atom. The molecular formula is C18H22N2OS. The van der Waals surface area contributed by atoms with E-state index in [1.54, 1.807) is 10.4 Å². The monoisotopic (exact) mass is 314 g/mol. The molecule has 1 aromatic heterocycles. The molecule has 0 saturated heterocycles. The van der Waals surface area contributed by atoms with Crippen LogP contribution in [0.25, 0.3) is 0 Å². The Hall–Kier alpha value is -1.81. The lowest BCUT2D eigenvalue weighted by Gasteiger charge is -2.13. The number of anilines is 1. The molecule has 2 N–H and O–H groups in total. The Bertz CT molecular complexity index is 663. The molecule has 0 atom stereocenters. The summed E-state index contributed by atoms with van der Waals surface area (Å²) in [4.78, 5) is 13.5. The van der Waals surface area contributed by atoms with Crippen LogP contribution < -0.4 is 10.6 Å². The molecule has 4 heteroatoms. The maximum absolute atomic E-state index is 12.0. The highest BCUT2D eigenvalue weighted by atomic mass is 32.1. The fraction of sp³-hybridized carbons (Fsp3) is 0.389. The predicted octanol–water partition coefficient (Wildman–Crippen LogP) is 4.30. The van der Waals surface area contributed by atoms with Crippen LogP contribution in [0, 0.1) is 6.92 Å². The van der Waals surface area contributed by atoms with Crippen molar-refractivity contribution in [2.45, 2.75) is 39.0 Å². The van der Waals surface area contributed by atoms with Crippen LogP contribution in [-0.2, 0) is 19.3 Å². The van der Waals surface area contributed by atoms with E-state index in [1.165, 1.54) is 31.2 Å². The fourth-order valence-electron chi connectivity index (χ4n) is 2.96. The van der Waals surface area contributed by atoms with Gasteiger partial charge in [-0.15, -0.1) is 11.3 Å². The molecule has 0 aliphatic heterocycles. The van der Waals surface area contributed by atoms with Crippen LogP contribution in [0.5, 0.6) is 0 Å².